The molecule has 1 aromatic rings. The molecule has 0 spiro atoms. The number of aryl methyl sites for hydroxylation is 1. The summed E-state index contributed by atoms with van der Waals surface area (Å²) in [6.07, 6.45) is 0.119. The van der Waals surface area contributed by atoms with E-state index in [1.165, 1.54) is 0 Å². The predicted octanol–water partition coefficient (Wildman–Crippen LogP) is 1.73. The molecule has 1 rings (SSSR count). The van der Waals surface area contributed by atoms with E-state index < -0.39 is 5.97 Å². The van der Waals surface area contributed by atoms with Crippen LogP contribution in [0.5, 0.6) is 5.75 Å². The lowest BCUT2D eigenvalue weighted by molar-refractivity contribution is -0.138. The molecule has 1 amide bonds. The van der Waals surface area contributed by atoms with Gasteiger partial charge in [0, 0.05) is 0 Å². The highest BCUT2D eigenvalue weighted by Gasteiger charge is 2.05. The molecule has 0 aliphatic rings. The molecule has 0 atom stereocenters. The van der Waals surface area contributed by atoms with Crippen molar-refractivity contribution >= 4 is 27.8 Å². The Bertz CT molecular complexity index is 448. The van der Waals surface area contributed by atoms with Gasteiger partial charge in [0.1, 0.15) is 12.3 Å². The van der Waals surface area contributed by atoms with Gasteiger partial charge in [0.05, 0.1) is 17.5 Å². The summed E-state index contributed by atoms with van der Waals surface area (Å²) in [5, 5.41) is 10.6. The molecule has 0 saturated carbocycles. The summed E-state index contributed by atoms with van der Waals surface area (Å²) in [4.78, 5) is 21.4. The topological polar surface area (TPSA) is 75.6 Å². The van der Waals surface area contributed by atoms with E-state index in [0.29, 0.717) is 5.75 Å². The average molecular weight is 316 g/mol. The Morgan fingerprint density at radius 3 is 2.78 bits per heavy atom. The third kappa shape index (κ3) is 5.18. The van der Waals surface area contributed by atoms with Crippen molar-refractivity contribution in [3.8, 4) is 5.75 Å². The number of rotatable bonds is 6. The fraction of sp³-hybridized carbons (Fsp3) is 0.333. The van der Waals surface area contributed by atoms with Crippen LogP contribution < -0.4 is 10.1 Å². The summed E-state index contributed by atoms with van der Waals surface area (Å²) in [7, 11) is 0. The molecule has 2 N–H and O–H groups in total. The van der Waals surface area contributed by atoms with Crippen LogP contribution >= 0.6 is 15.9 Å². The van der Waals surface area contributed by atoms with Crippen molar-refractivity contribution in [3.63, 3.8) is 0 Å². The van der Waals surface area contributed by atoms with Crippen LogP contribution in [0.15, 0.2) is 22.7 Å². The molecule has 0 aromatic heterocycles. The SMILES string of the molecule is Cc1ccc(OCCC(=O)NCC(=O)O)c(Br)c1. The molecule has 0 radical (unpaired) electrons. The van der Waals surface area contributed by atoms with Gasteiger partial charge in [-0.25, -0.2) is 0 Å². The van der Waals surface area contributed by atoms with Crippen LogP contribution in [0.3, 0.4) is 0 Å². The van der Waals surface area contributed by atoms with Gasteiger partial charge in [-0.15, -0.1) is 0 Å². The third-order valence-electron chi connectivity index (χ3n) is 2.11. The molecular formula is C12H14BrNO4. The van der Waals surface area contributed by atoms with E-state index >= 15 is 0 Å². The van der Waals surface area contributed by atoms with Crippen molar-refractivity contribution in [2.75, 3.05) is 13.2 Å². The molecule has 0 bridgehead atoms. The van der Waals surface area contributed by atoms with Gasteiger partial charge in [-0.3, -0.25) is 9.59 Å². The van der Waals surface area contributed by atoms with E-state index in [1.54, 1.807) is 0 Å². The number of nitrogens with one attached hydrogen (secondary N) is 1. The number of amides is 1. The number of ether oxygens (including phenoxy) is 1. The molecule has 1 aromatic carbocycles. The number of aliphatic carboxylic acids is 1. The molecule has 5 nitrogen and oxygen atoms in total. The van der Waals surface area contributed by atoms with Gasteiger partial charge in [0.15, 0.2) is 0 Å². The van der Waals surface area contributed by atoms with Gasteiger partial charge >= 0.3 is 5.97 Å². The number of carboxylic acid groups (broad SMARTS) is 1. The minimum Gasteiger partial charge on any atom is -0.492 e. The zero-order valence-electron chi connectivity index (χ0n) is 9.90. The molecule has 18 heavy (non-hydrogen) atoms. The Morgan fingerprint density at radius 1 is 1.44 bits per heavy atom. The molecule has 6 heteroatoms. The lowest BCUT2D eigenvalue weighted by Gasteiger charge is -2.08. The Morgan fingerprint density at radius 2 is 2.17 bits per heavy atom. The highest BCUT2D eigenvalue weighted by Crippen LogP contribution is 2.25. The number of carbonyl (C=O) groups is 2. The van der Waals surface area contributed by atoms with Crippen molar-refractivity contribution in [1.82, 2.24) is 5.32 Å². The van der Waals surface area contributed by atoms with Gasteiger partial charge < -0.3 is 15.2 Å². The normalized spacial score (nSPS) is 9.89. The van der Waals surface area contributed by atoms with Gasteiger partial charge in [-0.1, -0.05) is 6.07 Å². The van der Waals surface area contributed by atoms with Gasteiger partial charge in [0.2, 0.25) is 5.91 Å². The second-order valence-corrected chi connectivity index (χ2v) is 4.56. The van der Waals surface area contributed by atoms with Crippen molar-refractivity contribution in [3.05, 3.63) is 28.2 Å². The van der Waals surface area contributed by atoms with Crippen LogP contribution in [0.25, 0.3) is 0 Å². The maximum atomic E-state index is 11.2. The van der Waals surface area contributed by atoms with Crippen molar-refractivity contribution in [2.45, 2.75) is 13.3 Å². The van der Waals surface area contributed by atoms with Gasteiger partial charge in [-0.05, 0) is 40.5 Å². The van der Waals surface area contributed by atoms with E-state index in [0.717, 1.165) is 10.0 Å². The van der Waals surface area contributed by atoms with Crippen molar-refractivity contribution in [2.24, 2.45) is 0 Å². The average Bonchev–Trinajstić information content (AvgIpc) is 2.29. The number of carbonyl (C=O) groups excluding carboxylic acids is 1. The van der Waals surface area contributed by atoms with Gasteiger partial charge in [-0.2, -0.15) is 0 Å². The Kier molecular flexibility index (Phi) is 5.64. The molecule has 0 saturated heterocycles. The molecule has 0 aliphatic carbocycles. The summed E-state index contributed by atoms with van der Waals surface area (Å²) in [5.74, 6) is -0.752. The molecule has 0 aliphatic heterocycles. The lowest BCUT2D eigenvalue weighted by Crippen LogP contribution is -2.30. The summed E-state index contributed by atoms with van der Waals surface area (Å²) in [5.41, 5.74) is 1.11. The molecule has 0 fully saturated rings. The van der Waals surface area contributed by atoms with Crippen LogP contribution in [-0.2, 0) is 9.59 Å². The minimum atomic E-state index is -1.06. The second-order valence-electron chi connectivity index (χ2n) is 3.70. The first kappa shape index (κ1) is 14.5. The van der Waals surface area contributed by atoms with E-state index in [9.17, 15) is 9.59 Å². The Balaban J connectivity index is 2.33. The first-order valence-electron chi connectivity index (χ1n) is 5.36. The number of benzene rings is 1. The quantitative estimate of drug-likeness (QED) is 0.838. The maximum absolute atomic E-state index is 11.2. The van der Waals surface area contributed by atoms with E-state index in [4.69, 9.17) is 9.84 Å². The van der Waals surface area contributed by atoms with E-state index in [-0.39, 0.29) is 25.5 Å². The zero-order valence-corrected chi connectivity index (χ0v) is 11.5. The highest BCUT2D eigenvalue weighted by atomic mass is 79.9. The monoisotopic (exact) mass is 315 g/mol. The third-order valence-corrected chi connectivity index (χ3v) is 2.73. The summed E-state index contributed by atoms with van der Waals surface area (Å²) in [6.45, 7) is 1.80. The summed E-state index contributed by atoms with van der Waals surface area (Å²) >= 11 is 3.36. The molecular weight excluding hydrogens is 302 g/mol. The standard InChI is InChI=1S/C12H14BrNO4/c1-8-2-3-10(9(13)6-8)18-5-4-11(15)14-7-12(16)17/h2-3,6H,4-5,7H2,1H3,(H,14,15)(H,16,17). The van der Waals surface area contributed by atoms with Crippen LogP contribution in [0.4, 0.5) is 0 Å². The Labute approximate surface area is 113 Å². The summed E-state index contributed by atoms with van der Waals surface area (Å²) < 4.78 is 6.24. The smallest absolute Gasteiger partial charge is 0.322 e. The van der Waals surface area contributed by atoms with E-state index in [1.807, 2.05) is 25.1 Å². The fourth-order valence-electron chi connectivity index (χ4n) is 1.24. The van der Waals surface area contributed by atoms with Crippen molar-refractivity contribution < 1.29 is 19.4 Å². The summed E-state index contributed by atoms with van der Waals surface area (Å²) in [6, 6.07) is 5.64. The maximum Gasteiger partial charge on any atom is 0.322 e. The number of halogens is 1. The number of hydrogen-bond acceptors (Lipinski definition) is 3. The lowest BCUT2D eigenvalue weighted by atomic mass is 10.2. The number of hydrogen-bond donors (Lipinski definition) is 2. The zero-order chi connectivity index (χ0) is 13.5. The van der Waals surface area contributed by atoms with Crippen LogP contribution in [0.1, 0.15) is 12.0 Å². The first-order valence-corrected chi connectivity index (χ1v) is 6.16. The van der Waals surface area contributed by atoms with Crippen LogP contribution in [0, 0.1) is 6.92 Å². The van der Waals surface area contributed by atoms with Gasteiger partial charge in [0.25, 0.3) is 0 Å². The van der Waals surface area contributed by atoms with Crippen LogP contribution in [-0.4, -0.2) is 30.1 Å². The molecule has 0 unspecified atom stereocenters. The fourth-order valence-corrected chi connectivity index (χ4v) is 1.85. The largest absolute Gasteiger partial charge is 0.492 e. The second kappa shape index (κ2) is 7.00. The van der Waals surface area contributed by atoms with E-state index in [2.05, 4.69) is 21.2 Å². The molecule has 0 heterocycles. The minimum absolute atomic E-state index is 0.119. The number of carboxylic acids is 1. The highest BCUT2D eigenvalue weighted by molar-refractivity contribution is 9.10. The van der Waals surface area contributed by atoms with Crippen LogP contribution in [0.2, 0.25) is 0 Å². The predicted molar refractivity (Wildman–Crippen MR) is 69.6 cm³/mol. The Hall–Kier alpha value is -1.56. The molecule has 98 valence electrons. The van der Waals surface area contributed by atoms with Crippen molar-refractivity contribution in [1.29, 1.82) is 0 Å². The first-order chi connectivity index (χ1) is 8.49.